The molecule has 0 bridgehead atoms. The Labute approximate surface area is 181 Å². The van der Waals surface area contributed by atoms with Gasteiger partial charge in [-0.05, 0) is 43.5 Å². The predicted molar refractivity (Wildman–Crippen MR) is 119 cm³/mol. The molecule has 0 unspecified atom stereocenters. The smallest absolute Gasteiger partial charge is 0.251 e. The standard InChI is InChI=1S/C21H25ClN2O3S2/c1-16-4-6-17(7-5-16)15-28-13-10-23-21(25)18-8-9-19(22)20(14-18)29(26,27)24-11-2-3-12-24/h4-9,14H,2-3,10-13,15H2,1H3,(H,23,25). The highest BCUT2D eigenvalue weighted by molar-refractivity contribution is 7.98. The largest absolute Gasteiger partial charge is 0.351 e. The van der Waals surface area contributed by atoms with Gasteiger partial charge in [-0.25, -0.2) is 8.42 Å². The van der Waals surface area contributed by atoms with Crippen LogP contribution in [-0.4, -0.2) is 44.0 Å². The summed E-state index contributed by atoms with van der Waals surface area (Å²) in [4.78, 5) is 12.5. The molecular weight excluding hydrogens is 428 g/mol. The van der Waals surface area contributed by atoms with E-state index in [-0.39, 0.29) is 15.8 Å². The number of carbonyl (C=O) groups is 1. The summed E-state index contributed by atoms with van der Waals surface area (Å²) >= 11 is 7.87. The molecule has 0 atom stereocenters. The van der Waals surface area contributed by atoms with Gasteiger partial charge in [-0.3, -0.25) is 4.79 Å². The van der Waals surface area contributed by atoms with Crippen LogP contribution in [-0.2, 0) is 15.8 Å². The first-order chi connectivity index (χ1) is 13.9. The molecule has 29 heavy (non-hydrogen) atoms. The van der Waals surface area contributed by atoms with E-state index in [0.29, 0.717) is 25.2 Å². The van der Waals surface area contributed by atoms with Gasteiger partial charge in [-0.2, -0.15) is 16.1 Å². The number of hydrogen-bond acceptors (Lipinski definition) is 4. The fourth-order valence-electron chi connectivity index (χ4n) is 3.12. The molecule has 1 heterocycles. The molecular formula is C21H25ClN2O3S2. The molecule has 1 saturated heterocycles. The fourth-order valence-corrected chi connectivity index (χ4v) is 5.96. The Morgan fingerprint density at radius 3 is 2.52 bits per heavy atom. The van der Waals surface area contributed by atoms with Crippen molar-refractivity contribution in [1.82, 2.24) is 9.62 Å². The molecule has 0 aromatic heterocycles. The van der Waals surface area contributed by atoms with Crippen LogP contribution in [0.4, 0.5) is 0 Å². The summed E-state index contributed by atoms with van der Waals surface area (Å²) < 4.78 is 27.0. The van der Waals surface area contributed by atoms with Gasteiger partial charge in [0.1, 0.15) is 4.90 Å². The minimum absolute atomic E-state index is 0.00228. The molecule has 5 nitrogen and oxygen atoms in total. The summed E-state index contributed by atoms with van der Waals surface area (Å²) in [6.45, 7) is 3.55. The van der Waals surface area contributed by atoms with Crippen molar-refractivity contribution in [3.63, 3.8) is 0 Å². The average Bonchev–Trinajstić information content (AvgIpc) is 3.25. The van der Waals surface area contributed by atoms with Crippen molar-refractivity contribution >= 4 is 39.3 Å². The van der Waals surface area contributed by atoms with Crippen LogP contribution in [0.25, 0.3) is 0 Å². The van der Waals surface area contributed by atoms with Gasteiger partial charge in [0, 0.05) is 36.7 Å². The zero-order valence-electron chi connectivity index (χ0n) is 16.4. The van der Waals surface area contributed by atoms with Crippen molar-refractivity contribution < 1.29 is 13.2 Å². The predicted octanol–water partition coefficient (Wildman–Crippen LogP) is 4.10. The van der Waals surface area contributed by atoms with E-state index in [0.717, 1.165) is 24.3 Å². The van der Waals surface area contributed by atoms with Gasteiger partial charge in [0.25, 0.3) is 5.91 Å². The van der Waals surface area contributed by atoms with E-state index < -0.39 is 10.0 Å². The zero-order chi connectivity index (χ0) is 20.9. The number of halogens is 1. The minimum atomic E-state index is -3.67. The molecule has 1 N–H and O–H groups in total. The Kier molecular flexibility index (Phi) is 7.62. The highest BCUT2D eigenvalue weighted by Crippen LogP contribution is 2.28. The second-order valence-corrected chi connectivity index (χ2v) is 10.5. The highest BCUT2D eigenvalue weighted by atomic mass is 35.5. The zero-order valence-corrected chi connectivity index (χ0v) is 18.7. The molecule has 0 radical (unpaired) electrons. The van der Waals surface area contributed by atoms with Crippen molar-refractivity contribution in [2.45, 2.75) is 30.4 Å². The number of rotatable bonds is 8. The number of nitrogens with zero attached hydrogens (tertiary/aromatic N) is 1. The fraction of sp³-hybridized carbons (Fsp3) is 0.381. The lowest BCUT2D eigenvalue weighted by Crippen LogP contribution is -2.29. The maximum Gasteiger partial charge on any atom is 0.251 e. The van der Waals surface area contributed by atoms with Crippen molar-refractivity contribution in [2.75, 3.05) is 25.4 Å². The van der Waals surface area contributed by atoms with Gasteiger partial charge in [-0.15, -0.1) is 0 Å². The number of carbonyl (C=O) groups excluding carboxylic acids is 1. The van der Waals surface area contributed by atoms with Gasteiger partial charge in [0.05, 0.1) is 5.02 Å². The van der Waals surface area contributed by atoms with E-state index in [1.165, 1.54) is 27.6 Å². The number of aryl methyl sites for hydroxylation is 1. The van der Waals surface area contributed by atoms with Gasteiger partial charge in [0.2, 0.25) is 10.0 Å². The third kappa shape index (κ3) is 5.75. The number of thioether (sulfide) groups is 1. The van der Waals surface area contributed by atoms with Crippen LogP contribution in [0.1, 0.15) is 34.3 Å². The van der Waals surface area contributed by atoms with E-state index in [2.05, 4.69) is 36.5 Å². The molecule has 156 valence electrons. The molecule has 0 spiro atoms. The molecule has 2 aromatic carbocycles. The maximum absolute atomic E-state index is 12.8. The van der Waals surface area contributed by atoms with Crippen molar-refractivity contribution in [2.24, 2.45) is 0 Å². The van der Waals surface area contributed by atoms with E-state index in [1.54, 1.807) is 17.8 Å². The van der Waals surface area contributed by atoms with Crippen LogP contribution < -0.4 is 5.32 Å². The second-order valence-electron chi connectivity index (χ2n) is 7.05. The lowest BCUT2D eigenvalue weighted by Gasteiger charge is -2.17. The lowest BCUT2D eigenvalue weighted by atomic mass is 10.2. The normalized spacial score (nSPS) is 14.8. The third-order valence-corrected chi connectivity index (χ3v) is 8.21. The van der Waals surface area contributed by atoms with Crippen LogP contribution in [0.5, 0.6) is 0 Å². The van der Waals surface area contributed by atoms with Gasteiger partial charge in [0.15, 0.2) is 0 Å². The molecule has 0 aliphatic carbocycles. The number of nitrogens with one attached hydrogen (secondary N) is 1. The summed E-state index contributed by atoms with van der Waals surface area (Å²) in [6.07, 6.45) is 1.69. The summed E-state index contributed by atoms with van der Waals surface area (Å²) in [6, 6.07) is 12.8. The molecule has 1 aliphatic rings. The number of benzene rings is 2. The van der Waals surface area contributed by atoms with Crippen molar-refractivity contribution in [1.29, 1.82) is 0 Å². The highest BCUT2D eigenvalue weighted by Gasteiger charge is 2.29. The molecule has 0 saturated carbocycles. The van der Waals surface area contributed by atoms with E-state index in [1.807, 2.05) is 0 Å². The Bertz CT molecular complexity index is 956. The molecule has 1 aliphatic heterocycles. The van der Waals surface area contributed by atoms with Crippen LogP contribution in [0.2, 0.25) is 5.02 Å². The molecule has 2 aromatic rings. The van der Waals surface area contributed by atoms with Gasteiger partial charge >= 0.3 is 0 Å². The van der Waals surface area contributed by atoms with Crippen molar-refractivity contribution in [3.05, 3.63) is 64.2 Å². The van der Waals surface area contributed by atoms with Crippen LogP contribution in [0.3, 0.4) is 0 Å². The third-order valence-electron chi connectivity index (χ3n) is 4.80. The van der Waals surface area contributed by atoms with E-state index in [9.17, 15) is 13.2 Å². The SMILES string of the molecule is Cc1ccc(CSCCNC(=O)c2ccc(Cl)c(S(=O)(=O)N3CCCC3)c2)cc1. The van der Waals surface area contributed by atoms with Crippen molar-refractivity contribution in [3.8, 4) is 0 Å². The topological polar surface area (TPSA) is 66.5 Å². The number of sulfonamides is 1. The Hall–Kier alpha value is -1.54. The molecule has 1 amide bonds. The Morgan fingerprint density at radius 1 is 1.14 bits per heavy atom. The van der Waals surface area contributed by atoms with Crippen LogP contribution >= 0.6 is 23.4 Å². The van der Waals surface area contributed by atoms with Gasteiger partial charge in [-0.1, -0.05) is 41.4 Å². The average molecular weight is 453 g/mol. The Morgan fingerprint density at radius 2 is 1.83 bits per heavy atom. The first-order valence-electron chi connectivity index (χ1n) is 9.59. The van der Waals surface area contributed by atoms with E-state index >= 15 is 0 Å². The monoisotopic (exact) mass is 452 g/mol. The van der Waals surface area contributed by atoms with Gasteiger partial charge < -0.3 is 5.32 Å². The number of hydrogen-bond donors (Lipinski definition) is 1. The van der Waals surface area contributed by atoms with Crippen LogP contribution in [0, 0.1) is 6.92 Å². The summed E-state index contributed by atoms with van der Waals surface area (Å²) in [5.74, 6) is 1.36. The first kappa shape index (κ1) is 22.2. The van der Waals surface area contributed by atoms with E-state index in [4.69, 9.17) is 11.6 Å². The molecule has 3 rings (SSSR count). The molecule has 1 fully saturated rings. The summed E-state index contributed by atoms with van der Waals surface area (Å²) in [5.41, 5.74) is 2.79. The summed E-state index contributed by atoms with van der Waals surface area (Å²) in [5, 5.41) is 2.99. The van der Waals surface area contributed by atoms with Crippen LogP contribution in [0.15, 0.2) is 47.4 Å². The number of amides is 1. The Balaban J connectivity index is 1.55. The first-order valence-corrected chi connectivity index (χ1v) is 12.6. The second kappa shape index (κ2) is 9.98. The molecule has 8 heteroatoms. The lowest BCUT2D eigenvalue weighted by molar-refractivity contribution is 0.0956. The maximum atomic E-state index is 12.8. The minimum Gasteiger partial charge on any atom is -0.351 e. The summed E-state index contributed by atoms with van der Waals surface area (Å²) in [7, 11) is -3.67. The quantitative estimate of drug-likeness (QED) is 0.612.